The number of rotatable bonds is 5. The van der Waals surface area contributed by atoms with Crippen molar-refractivity contribution in [3.8, 4) is 0 Å². The molecule has 5 heterocycles. The Hall–Kier alpha value is -2.39. The molecule has 0 saturated heterocycles. The molecule has 9 heteroatoms. The van der Waals surface area contributed by atoms with Gasteiger partial charge in [-0.25, -0.2) is 5.01 Å². The average molecular weight is 428 g/mol. The van der Waals surface area contributed by atoms with Crippen molar-refractivity contribution in [2.75, 3.05) is 5.75 Å². The van der Waals surface area contributed by atoms with Gasteiger partial charge >= 0.3 is 0 Å². The Bertz CT molecular complexity index is 1010. The van der Waals surface area contributed by atoms with E-state index in [-0.39, 0.29) is 17.7 Å². The van der Waals surface area contributed by atoms with E-state index in [1.165, 1.54) is 18.2 Å². The maximum atomic E-state index is 13.1. The molecule has 0 saturated carbocycles. The normalized spacial score (nSPS) is 19.1. The van der Waals surface area contributed by atoms with Gasteiger partial charge in [0.1, 0.15) is 17.3 Å². The number of aromatic nitrogens is 3. The van der Waals surface area contributed by atoms with Gasteiger partial charge in [0, 0.05) is 24.3 Å². The summed E-state index contributed by atoms with van der Waals surface area (Å²) in [5.74, 6) is 2.01. The number of hydrazone groups is 1. The van der Waals surface area contributed by atoms with Gasteiger partial charge in [-0.15, -0.1) is 21.5 Å². The van der Waals surface area contributed by atoms with Crippen molar-refractivity contribution >= 4 is 34.7 Å². The Morgan fingerprint density at radius 1 is 1.24 bits per heavy atom. The first kappa shape index (κ1) is 18.6. The zero-order chi connectivity index (χ0) is 19.6. The van der Waals surface area contributed by atoms with E-state index >= 15 is 0 Å². The van der Waals surface area contributed by atoms with Gasteiger partial charge in [-0.3, -0.25) is 4.79 Å². The predicted molar refractivity (Wildman–Crippen MR) is 112 cm³/mol. The second-order valence-corrected chi connectivity index (χ2v) is 9.07. The van der Waals surface area contributed by atoms with Crippen LogP contribution in [0.4, 0.5) is 0 Å². The molecule has 0 bridgehead atoms. The summed E-state index contributed by atoms with van der Waals surface area (Å²) in [4.78, 5) is 14.2. The summed E-state index contributed by atoms with van der Waals surface area (Å²) < 4.78 is 7.68. The number of hydrogen-bond acceptors (Lipinski definition) is 7. The van der Waals surface area contributed by atoms with Crippen molar-refractivity contribution in [2.45, 2.75) is 49.8 Å². The summed E-state index contributed by atoms with van der Waals surface area (Å²) in [6, 6.07) is 7.71. The molecule has 0 fully saturated rings. The Labute approximate surface area is 176 Å². The predicted octanol–water partition coefficient (Wildman–Crippen LogP) is 4.13. The number of furan rings is 1. The molecule has 0 aliphatic carbocycles. The summed E-state index contributed by atoms with van der Waals surface area (Å²) in [6.45, 7) is 0.932. The maximum Gasteiger partial charge on any atom is 0.253 e. The molecule has 1 atom stereocenters. The van der Waals surface area contributed by atoms with E-state index in [1.807, 2.05) is 23.6 Å². The lowest BCUT2D eigenvalue weighted by Crippen LogP contribution is -2.28. The van der Waals surface area contributed by atoms with Crippen LogP contribution in [0.3, 0.4) is 0 Å². The molecule has 3 aromatic rings. The quantitative estimate of drug-likeness (QED) is 0.572. The fourth-order valence-corrected chi connectivity index (χ4v) is 5.44. The third-order valence-electron chi connectivity index (χ3n) is 5.24. The van der Waals surface area contributed by atoms with Crippen LogP contribution in [-0.4, -0.2) is 37.1 Å². The Morgan fingerprint density at radius 2 is 2.21 bits per heavy atom. The molecule has 0 spiro atoms. The first-order chi connectivity index (χ1) is 14.3. The van der Waals surface area contributed by atoms with Crippen LogP contribution in [0.2, 0.25) is 0 Å². The first-order valence-electron chi connectivity index (χ1n) is 9.81. The highest BCUT2D eigenvalue weighted by atomic mass is 32.2. The van der Waals surface area contributed by atoms with Gasteiger partial charge in [0.05, 0.1) is 18.1 Å². The van der Waals surface area contributed by atoms with E-state index in [9.17, 15) is 4.79 Å². The topological polar surface area (TPSA) is 76.5 Å². The third kappa shape index (κ3) is 3.76. The molecular formula is C20H21N5O2S2. The van der Waals surface area contributed by atoms with E-state index in [2.05, 4.69) is 25.9 Å². The summed E-state index contributed by atoms with van der Waals surface area (Å²) >= 11 is 3.10. The van der Waals surface area contributed by atoms with Crippen LogP contribution < -0.4 is 0 Å². The summed E-state index contributed by atoms with van der Waals surface area (Å²) in [7, 11) is 0. The van der Waals surface area contributed by atoms with Crippen LogP contribution in [0.25, 0.3) is 0 Å². The molecule has 2 aliphatic rings. The maximum absolute atomic E-state index is 13.1. The van der Waals surface area contributed by atoms with Gasteiger partial charge in [0.15, 0.2) is 5.16 Å². The number of hydrogen-bond donors (Lipinski definition) is 0. The Kier molecular flexibility index (Phi) is 5.24. The zero-order valence-electron chi connectivity index (χ0n) is 15.9. The van der Waals surface area contributed by atoms with Crippen molar-refractivity contribution in [3.63, 3.8) is 0 Å². The number of fused-ring (bicyclic) bond motifs is 1. The second-order valence-electron chi connectivity index (χ2n) is 7.15. The first-order valence-corrected chi connectivity index (χ1v) is 11.7. The van der Waals surface area contributed by atoms with Gasteiger partial charge < -0.3 is 8.98 Å². The fraction of sp³-hybridized carbons (Fsp3) is 0.400. The molecule has 29 heavy (non-hydrogen) atoms. The molecule has 3 aromatic heterocycles. The van der Waals surface area contributed by atoms with Crippen LogP contribution in [0.1, 0.15) is 48.2 Å². The molecular weight excluding hydrogens is 406 g/mol. The monoisotopic (exact) mass is 427 g/mol. The largest absolute Gasteiger partial charge is 0.463 e. The van der Waals surface area contributed by atoms with Gasteiger partial charge in [-0.2, -0.15) is 5.10 Å². The number of amides is 1. The van der Waals surface area contributed by atoms with E-state index < -0.39 is 0 Å². The van der Waals surface area contributed by atoms with Gasteiger partial charge in [0.25, 0.3) is 5.91 Å². The Morgan fingerprint density at radius 3 is 3.03 bits per heavy atom. The van der Waals surface area contributed by atoms with Gasteiger partial charge in [-0.1, -0.05) is 24.2 Å². The van der Waals surface area contributed by atoms with Crippen molar-refractivity contribution in [1.29, 1.82) is 0 Å². The standard InChI is InChI=1S/C20H21N5O2S2/c26-19(13-29-20-22-21-18-8-2-1-3-9-24(18)20)25-15(17-7-5-11-28-17)12-14(23-25)16-6-4-10-27-16/h4-7,10-11,15H,1-3,8-9,12-13H2/t15-/m1/s1. The van der Waals surface area contributed by atoms with Crippen molar-refractivity contribution in [3.05, 3.63) is 52.4 Å². The Balaban J connectivity index is 1.34. The molecule has 150 valence electrons. The molecule has 7 nitrogen and oxygen atoms in total. The molecule has 2 aliphatic heterocycles. The van der Waals surface area contributed by atoms with Crippen LogP contribution in [0.15, 0.2) is 50.6 Å². The number of carbonyl (C=O) groups is 1. The number of thiophene rings is 1. The minimum absolute atomic E-state index is 0.0269. The summed E-state index contributed by atoms with van der Waals surface area (Å²) in [5, 5.41) is 17.8. The van der Waals surface area contributed by atoms with Crippen molar-refractivity contribution in [1.82, 2.24) is 19.8 Å². The minimum atomic E-state index is -0.0845. The second kappa shape index (κ2) is 8.16. The molecule has 0 N–H and O–H groups in total. The van der Waals surface area contributed by atoms with Crippen LogP contribution in [0, 0.1) is 0 Å². The zero-order valence-corrected chi connectivity index (χ0v) is 17.5. The minimum Gasteiger partial charge on any atom is -0.463 e. The van der Waals surface area contributed by atoms with Gasteiger partial charge in [-0.05, 0) is 36.4 Å². The van der Waals surface area contributed by atoms with Crippen molar-refractivity contribution < 1.29 is 9.21 Å². The van der Waals surface area contributed by atoms with E-state index in [0.717, 1.165) is 53.1 Å². The summed E-state index contributed by atoms with van der Waals surface area (Å²) in [5.41, 5.74) is 0.808. The summed E-state index contributed by atoms with van der Waals surface area (Å²) in [6.07, 6.45) is 6.76. The number of carbonyl (C=O) groups excluding carboxylic acids is 1. The lowest BCUT2D eigenvalue weighted by atomic mass is 10.1. The highest BCUT2D eigenvalue weighted by molar-refractivity contribution is 7.99. The number of aryl methyl sites for hydroxylation is 1. The lowest BCUT2D eigenvalue weighted by Gasteiger charge is -2.20. The van der Waals surface area contributed by atoms with E-state index in [0.29, 0.717) is 6.42 Å². The molecule has 0 radical (unpaired) electrons. The van der Waals surface area contributed by atoms with Crippen LogP contribution in [0.5, 0.6) is 0 Å². The van der Waals surface area contributed by atoms with E-state index in [4.69, 9.17) is 4.42 Å². The number of thioether (sulfide) groups is 1. The van der Waals surface area contributed by atoms with E-state index in [1.54, 1.807) is 22.6 Å². The van der Waals surface area contributed by atoms with Crippen LogP contribution >= 0.6 is 23.1 Å². The van der Waals surface area contributed by atoms with Crippen LogP contribution in [-0.2, 0) is 17.8 Å². The smallest absolute Gasteiger partial charge is 0.253 e. The van der Waals surface area contributed by atoms with Gasteiger partial charge in [0.2, 0.25) is 0 Å². The molecule has 5 rings (SSSR count). The fourth-order valence-electron chi connectivity index (χ4n) is 3.79. The lowest BCUT2D eigenvalue weighted by molar-refractivity contribution is -0.130. The number of nitrogens with zero attached hydrogens (tertiary/aromatic N) is 5. The van der Waals surface area contributed by atoms with Crippen molar-refractivity contribution in [2.24, 2.45) is 5.10 Å². The highest BCUT2D eigenvalue weighted by Gasteiger charge is 2.34. The SMILES string of the molecule is O=C(CSc1nnc2n1CCCCC2)N1N=C(c2ccco2)C[C@@H]1c1cccs1. The molecule has 0 unspecified atom stereocenters. The highest BCUT2D eigenvalue weighted by Crippen LogP contribution is 2.36. The molecule has 0 aromatic carbocycles. The molecule has 1 amide bonds. The third-order valence-corrected chi connectivity index (χ3v) is 7.17. The average Bonchev–Trinajstić information content (AvgIpc) is 3.51.